The smallest absolute Gasteiger partial charge is 0.355 e. The van der Waals surface area contributed by atoms with Crippen molar-refractivity contribution >= 4 is 17.5 Å². The standard InChI is InChI=1S/C21H24F3N5O/c22-21(23,24)17-7-3-2-6-16(17)20(30)29-14-12-28(13-15-29)19-9-8-18(25-26-19)27-10-4-1-5-11-27/h2-3,6-9H,1,4-5,10-15H2. The minimum Gasteiger partial charge on any atom is -0.355 e. The lowest BCUT2D eigenvalue weighted by Gasteiger charge is -2.35. The van der Waals surface area contributed by atoms with Crippen molar-refractivity contribution in [3.8, 4) is 0 Å². The second-order valence-electron chi connectivity index (χ2n) is 7.62. The second-order valence-corrected chi connectivity index (χ2v) is 7.62. The van der Waals surface area contributed by atoms with Crippen LogP contribution in [0.3, 0.4) is 0 Å². The molecule has 0 aliphatic carbocycles. The number of carbonyl (C=O) groups is 1. The summed E-state index contributed by atoms with van der Waals surface area (Å²) in [7, 11) is 0. The molecule has 0 N–H and O–H groups in total. The molecule has 30 heavy (non-hydrogen) atoms. The highest BCUT2D eigenvalue weighted by molar-refractivity contribution is 5.96. The highest BCUT2D eigenvalue weighted by Gasteiger charge is 2.36. The first-order chi connectivity index (χ1) is 14.4. The van der Waals surface area contributed by atoms with E-state index in [4.69, 9.17) is 0 Å². The molecule has 0 unspecified atom stereocenters. The third kappa shape index (κ3) is 4.34. The SMILES string of the molecule is O=C(c1ccccc1C(F)(F)F)N1CCN(c2ccc(N3CCCCC3)nn2)CC1. The maximum atomic E-state index is 13.2. The zero-order valence-corrected chi connectivity index (χ0v) is 16.6. The number of carbonyl (C=O) groups excluding carboxylic acids is 1. The number of piperazine rings is 1. The topological polar surface area (TPSA) is 52.6 Å². The minimum absolute atomic E-state index is 0.302. The first kappa shape index (κ1) is 20.4. The van der Waals surface area contributed by atoms with Crippen LogP contribution >= 0.6 is 0 Å². The van der Waals surface area contributed by atoms with E-state index in [2.05, 4.69) is 15.1 Å². The third-order valence-electron chi connectivity index (χ3n) is 5.67. The van der Waals surface area contributed by atoms with Gasteiger partial charge in [0.25, 0.3) is 5.91 Å². The van der Waals surface area contributed by atoms with Crippen molar-refractivity contribution in [2.45, 2.75) is 25.4 Å². The summed E-state index contributed by atoms with van der Waals surface area (Å²) in [6.07, 6.45) is -0.980. The number of halogens is 3. The molecule has 0 saturated carbocycles. The highest BCUT2D eigenvalue weighted by Crippen LogP contribution is 2.32. The van der Waals surface area contributed by atoms with Crippen molar-refractivity contribution in [3.05, 3.63) is 47.5 Å². The zero-order chi connectivity index (χ0) is 21.1. The van der Waals surface area contributed by atoms with Gasteiger partial charge in [0.1, 0.15) is 0 Å². The van der Waals surface area contributed by atoms with Crippen LogP contribution in [0.2, 0.25) is 0 Å². The van der Waals surface area contributed by atoms with Crippen LogP contribution in [0.5, 0.6) is 0 Å². The van der Waals surface area contributed by atoms with Crippen molar-refractivity contribution in [3.63, 3.8) is 0 Å². The molecule has 4 rings (SSSR count). The number of amides is 1. The normalized spacial score (nSPS) is 17.9. The van der Waals surface area contributed by atoms with E-state index in [1.54, 1.807) is 0 Å². The summed E-state index contributed by atoms with van der Waals surface area (Å²) in [5.74, 6) is 1.00. The van der Waals surface area contributed by atoms with E-state index in [0.717, 1.165) is 43.6 Å². The first-order valence-corrected chi connectivity index (χ1v) is 10.2. The van der Waals surface area contributed by atoms with E-state index in [-0.39, 0.29) is 5.56 Å². The van der Waals surface area contributed by atoms with Gasteiger partial charge in [0.15, 0.2) is 11.6 Å². The molecule has 2 aliphatic heterocycles. The van der Waals surface area contributed by atoms with E-state index in [1.807, 2.05) is 17.0 Å². The van der Waals surface area contributed by atoms with Gasteiger partial charge < -0.3 is 14.7 Å². The Morgan fingerprint density at radius 2 is 1.33 bits per heavy atom. The molecule has 160 valence electrons. The number of aromatic nitrogens is 2. The predicted octanol–water partition coefficient (Wildman–Crippen LogP) is 3.45. The minimum atomic E-state index is -4.56. The van der Waals surface area contributed by atoms with Crippen LogP contribution in [0, 0.1) is 0 Å². The molecule has 0 bridgehead atoms. The number of rotatable bonds is 3. The van der Waals surface area contributed by atoms with Gasteiger partial charge in [-0.3, -0.25) is 4.79 Å². The summed E-state index contributed by atoms with van der Waals surface area (Å²) in [5, 5.41) is 8.68. The maximum Gasteiger partial charge on any atom is 0.417 e. The van der Waals surface area contributed by atoms with E-state index in [9.17, 15) is 18.0 Å². The maximum absolute atomic E-state index is 13.2. The molecule has 2 saturated heterocycles. The van der Waals surface area contributed by atoms with Crippen molar-refractivity contribution < 1.29 is 18.0 Å². The molecule has 0 atom stereocenters. The molecular weight excluding hydrogens is 395 g/mol. The molecule has 0 radical (unpaired) electrons. The van der Waals surface area contributed by atoms with Gasteiger partial charge in [-0.25, -0.2) is 0 Å². The van der Waals surface area contributed by atoms with Crippen LogP contribution in [-0.4, -0.2) is 60.3 Å². The van der Waals surface area contributed by atoms with Gasteiger partial charge in [-0.05, 0) is 43.5 Å². The molecule has 2 fully saturated rings. The number of hydrogen-bond donors (Lipinski definition) is 0. The molecule has 1 aromatic heterocycles. The van der Waals surface area contributed by atoms with Gasteiger partial charge in [-0.1, -0.05) is 12.1 Å². The summed E-state index contributed by atoms with van der Waals surface area (Å²) in [6, 6.07) is 8.82. The van der Waals surface area contributed by atoms with Crippen LogP contribution in [0.1, 0.15) is 35.2 Å². The van der Waals surface area contributed by atoms with E-state index in [0.29, 0.717) is 26.2 Å². The van der Waals surface area contributed by atoms with Gasteiger partial charge in [0, 0.05) is 39.3 Å². The Bertz CT molecular complexity index is 873. The Labute approximate surface area is 173 Å². The quantitative estimate of drug-likeness (QED) is 0.763. The zero-order valence-electron chi connectivity index (χ0n) is 16.6. The van der Waals surface area contributed by atoms with Gasteiger partial charge >= 0.3 is 6.18 Å². The Balaban J connectivity index is 1.39. The van der Waals surface area contributed by atoms with E-state index < -0.39 is 17.6 Å². The first-order valence-electron chi connectivity index (χ1n) is 10.2. The lowest BCUT2D eigenvalue weighted by Crippen LogP contribution is -2.49. The number of benzene rings is 1. The van der Waals surface area contributed by atoms with Gasteiger partial charge in [-0.15, -0.1) is 10.2 Å². The Hall–Kier alpha value is -2.84. The molecule has 2 aromatic rings. The molecular formula is C21H24F3N5O. The lowest BCUT2D eigenvalue weighted by molar-refractivity contribution is -0.138. The Morgan fingerprint density at radius 3 is 1.90 bits per heavy atom. The molecule has 0 spiro atoms. The molecule has 9 heteroatoms. The summed E-state index contributed by atoms with van der Waals surface area (Å²) in [4.78, 5) is 18.4. The van der Waals surface area contributed by atoms with Crippen LogP contribution in [0.4, 0.5) is 24.8 Å². The van der Waals surface area contributed by atoms with Crippen molar-refractivity contribution in [2.24, 2.45) is 0 Å². The van der Waals surface area contributed by atoms with Crippen LogP contribution < -0.4 is 9.80 Å². The number of piperidine rings is 1. The van der Waals surface area contributed by atoms with Crippen molar-refractivity contribution in [2.75, 3.05) is 49.1 Å². The average molecular weight is 419 g/mol. The van der Waals surface area contributed by atoms with Crippen molar-refractivity contribution in [1.82, 2.24) is 15.1 Å². The third-order valence-corrected chi connectivity index (χ3v) is 5.67. The fraction of sp³-hybridized carbons (Fsp3) is 0.476. The molecule has 1 amide bonds. The fourth-order valence-corrected chi connectivity index (χ4v) is 4.00. The largest absolute Gasteiger partial charge is 0.417 e. The van der Waals surface area contributed by atoms with Crippen LogP contribution in [0.25, 0.3) is 0 Å². The number of alkyl halides is 3. The van der Waals surface area contributed by atoms with E-state index in [1.165, 1.54) is 29.5 Å². The molecule has 3 heterocycles. The Morgan fingerprint density at radius 1 is 0.767 bits per heavy atom. The van der Waals surface area contributed by atoms with Gasteiger partial charge in [-0.2, -0.15) is 13.2 Å². The summed E-state index contributed by atoms with van der Waals surface area (Å²) >= 11 is 0. The van der Waals surface area contributed by atoms with E-state index >= 15 is 0 Å². The number of anilines is 2. The van der Waals surface area contributed by atoms with Crippen molar-refractivity contribution in [1.29, 1.82) is 0 Å². The summed E-state index contributed by atoms with van der Waals surface area (Å²) in [6.45, 7) is 3.65. The highest BCUT2D eigenvalue weighted by atomic mass is 19.4. The van der Waals surface area contributed by atoms with Gasteiger partial charge in [0.2, 0.25) is 0 Å². The monoisotopic (exact) mass is 419 g/mol. The summed E-state index contributed by atoms with van der Waals surface area (Å²) < 4.78 is 39.7. The number of nitrogens with zero attached hydrogens (tertiary/aromatic N) is 5. The van der Waals surface area contributed by atoms with Crippen LogP contribution in [0.15, 0.2) is 36.4 Å². The van der Waals surface area contributed by atoms with Gasteiger partial charge in [0.05, 0.1) is 11.1 Å². The predicted molar refractivity (Wildman–Crippen MR) is 108 cm³/mol. The molecule has 1 aromatic carbocycles. The molecule has 2 aliphatic rings. The number of hydrogen-bond acceptors (Lipinski definition) is 5. The average Bonchev–Trinajstić information content (AvgIpc) is 2.79. The Kier molecular flexibility index (Phi) is 5.78. The lowest BCUT2D eigenvalue weighted by atomic mass is 10.1. The second kappa shape index (κ2) is 8.49. The fourth-order valence-electron chi connectivity index (χ4n) is 4.00. The summed E-state index contributed by atoms with van der Waals surface area (Å²) in [5.41, 5.74) is -1.19. The molecule has 6 nitrogen and oxygen atoms in total. The van der Waals surface area contributed by atoms with Crippen LogP contribution in [-0.2, 0) is 6.18 Å².